The largest absolute Gasteiger partial charge is 0.479 e. The van der Waals surface area contributed by atoms with Gasteiger partial charge in [0.15, 0.2) is 6.04 Å². The van der Waals surface area contributed by atoms with E-state index in [1.807, 2.05) is 43.3 Å². The quantitative estimate of drug-likeness (QED) is 0.844. The number of benzene rings is 2. The van der Waals surface area contributed by atoms with Crippen LogP contribution in [0.4, 0.5) is 0 Å². The molecule has 1 amide bonds. The van der Waals surface area contributed by atoms with E-state index >= 15 is 0 Å². The molecule has 5 heteroatoms. The smallest absolute Gasteiger partial charge is 0.330 e. The number of carbonyl (C=O) groups excluding carboxylic acids is 1. The number of rotatable bonds is 6. The van der Waals surface area contributed by atoms with E-state index in [0.29, 0.717) is 12.0 Å². The predicted molar refractivity (Wildman–Crippen MR) is 95.3 cm³/mol. The number of hydrogen-bond donors (Lipinski definition) is 2. The molecule has 5 nitrogen and oxygen atoms in total. The fourth-order valence-electron chi connectivity index (χ4n) is 3.30. The van der Waals surface area contributed by atoms with Crippen molar-refractivity contribution < 1.29 is 19.4 Å². The molecule has 1 saturated heterocycles. The standard InChI is InChI=1S/C20H23NO4/c1-13-6-9-17(25-13)10-11-18(22)21-19(20(23)24)16-8-7-14-4-2-3-5-15(14)12-16/h2-5,7-8,12-13,17,19H,6,9-11H2,1H3,(H,21,22)(H,23,24). The molecule has 1 heterocycles. The summed E-state index contributed by atoms with van der Waals surface area (Å²) < 4.78 is 5.70. The van der Waals surface area contributed by atoms with Gasteiger partial charge in [0.25, 0.3) is 0 Å². The third-order valence-corrected chi connectivity index (χ3v) is 4.67. The SMILES string of the molecule is CC1CCC(CCC(=O)NC(C(=O)O)c2ccc3ccccc3c2)O1. The van der Waals surface area contributed by atoms with Gasteiger partial charge in [0.1, 0.15) is 0 Å². The number of fused-ring (bicyclic) bond motifs is 1. The lowest BCUT2D eigenvalue weighted by molar-refractivity contribution is -0.142. The molecule has 2 N–H and O–H groups in total. The molecule has 2 aromatic carbocycles. The van der Waals surface area contributed by atoms with Gasteiger partial charge in [-0.2, -0.15) is 0 Å². The van der Waals surface area contributed by atoms with Crippen molar-refractivity contribution >= 4 is 22.6 Å². The Morgan fingerprint density at radius 1 is 1.20 bits per heavy atom. The summed E-state index contributed by atoms with van der Waals surface area (Å²) in [6, 6.07) is 12.1. The van der Waals surface area contributed by atoms with Gasteiger partial charge >= 0.3 is 5.97 Å². The Kier molecular flexibility index (Phi) is 5.34. The summed E-state index contributed by atoms with van der Waals surface area (Å²) in [6.07, 6.45) is 3.22. The van der Waals surface area contributed by atoms with Gasteiger partial charge in [-0.3, -0.25) is 4.79 Å². The fourth-order valence-corrected chi connectivity index (χ4v) is 3.30. The molecule has 0 radical (unpaired) electrons. The monoisotopic (exact) mass is 341 g/mol. The zero-order valence-electron chi connectivity index (χ0n) is 14.3. The van der Waals surface area contributed by atoms with Crippen LogP contribution in [-0.2, 0) is 14.3 Å². The lowest BCUT2D eigenvalue weighted by Gasteiger charge is -2.17. The minimum Gasteiger partial charge on any atom is -0.479 e. The van der Waals surface area contributed by atoms with Crippen molar-refractivity contribution in [3.63, 3.8) is 0 Å². The lowest BCUT2D eigenvalue weighted by Crippen LogP contribution is -2.34. The molecule has 0 bridgehead atoms. The summed E-state index contributed by atoms with van der Waals surface area (Å²) in [4.78, 5) is 23.8. The predicted octanol–water partition coefficient (Wildman–Crippen LogP) is 3.43. The zero-order valence-corrected chi connectivity index (χ0v) is 14.3. The van der Waals surface area contributed by atoms with Crippen LogP contribution in [0.2, 0.25) is 0 Å². The molecule has 3 unspecified atom stereocenters. The van der Waals surface area contributed by atoms with Crippen LogP contribution >= 0.6 is 0 Å². The second-order valence-corrected chi connectivity index (χ2v) is 6.63. The average molecular weight is 341 g/mol. The minimum atomic E-state index is -1.06. The average Bonchev–Trinajstić information content (AvgIpc) is 3.02. The van der Waals surface area contributed by atoms with Crippen LogP contribution in [-0.4, -0.2) is 29.2 Å². The molecular weight excluding hydrogens is 318 g/mol. The maximum absolute atomic E-state index is 12.2. The number of carboxylic acid groups (broad SMARTS) is 1. The molecule has 25 heavy (non-hydrogen) atoms. The van der Waals surface area contributed by atoms with Crippen molar-refractivity contribution in [2.45, 2.75) is 50.9 Å². The first-order chi connectivity index (χ1) is 12.0. The third-order valence-electron chi connectivity index (χ3n) is 4.67. The minimum absolute atomic E-state index is 0.102. The Bertz CT molecular complexity index is 773. The molecule has 0 aliphatic carbocycles. The van der Waals surface area contributed by atoms with Crippen LogP contribution in [0, 0.1) is 0 Å². The van der Waals surface area contributed by atoms with E-state index in [9.17, 15) is 14.7 Å². The first-order valence-corrected chi connectivity index (χ1v) is 8.69. The Morgan fingerprint density at radius 3 is 2.64 bits per heavy atom. The van der Waals surface area contributed by atoms with Gasteiger partial charge in [-0.1, -0.05) is 36.4 Å². The fraction of sp³-hybridized carbons (Fsp3) is 0.400. The van der Waals surface area contributed by atoms with E-state index in [-0.39, 0.29) is 24.5 Å². The molecule has 2 aromatic rings. The highest BCUT2D eigenvalue weighted by Crippen LogP contribution is 2.24. The van der Waals surface area contributed by atoms with Gasteiger partial charge in [-0.15, -0.1) is 0 Å². The molecule has 1 fully saturated rings. The molecule has 132 valence electrons. The van der Waals surface area contributed by atoms with Gasteiger partial charge in [0.2, 0.25) is 5.91 Å². The van der Waals surface area contributed by atoms with Crippen LogP contribution in [0.3, 0.4) is 0 Å². The van der Waals surface area contributed by atoms with E-state index in [0.717, 1.165) is 23.6 Å². The van der Waals surface area contributed by atoms with E-state index in [1.165, 1.54) is 0 Å². The van der Waals surface area contributed by atoms with Crippen LogP contribution in [0.15, 0.2) is 42.5 Å². The van der Waals surface area contributed by atoms with Crippen LogP contribution < -0.4 is 5.32 Å². The van der Waals surface area contributed by atoms with Gasteiger partial charge in [0.05, 0.1) is 12.2 Å². The van der Waals surface area contributed by atoms with Crippen molar-refractivity contribution in [3.8, 4) is 0 Å². The number of carboxylic acids is 1. The number of amides is 1. The lowest BCUT2D eigenvalue weighted by atomic mass is 10.0. The summed E-state index contributed by atoms with van der Waals surface area (Å²) >= 11 is 0. The number of ether oxygens (including phenoxy) is 1. The van der Waals surface area contributed by atoms with Crippen LogP contribution in [0.25, 0.3) is 10.8 Å². The summed E-state index contributed by atoms with van der Waals surface area (Å²) in [5.41, 5.74) is 0.574. The van der Waals surface area contributed by atoms with Crippen molar-refractivity contribution in [2.24, 2.45) is 0 Å². The van der Waals surface area contributed by atoms with Gasteiger partial charge < -0.3 is 15.2 Å². The summed E-state index contributed by atoms with van der Waals surface area (Å²) in [5.74, 6) is -1.32. The Labute approximate surface area is 147 Å². The molecule has 0 aromatic heterocycles. The van der Waals surface area contributed by atoms with Gasteiger partial charge in [0, 0.05) is 6.42 Å². The zero-order chi connectivity index (χ0) is 17.8. The Morgan fingerprint density at radius 2 is 1.96 bits per heavy atom. The second-order valence-electron chi connectivity index (χ2n) is 6.63. The molecule has 3 rings (SSSR count). The Hall–Kier alpha value is -2.40. The number of nitrogens with one attached hydrogen (secondary N) is 1. The maximum atomic E-state index is 12.2. The number of carbonyl (C=O) groups is 2. The first-order valence-electron chi connectivity index (χ1n) is 8.69. The number of hydrogen-bond acceptors (Lipinski definition) is 3. The van der Waals surface area contributed by atoms with Crippen LogP contribution in [0.1, 0.15) is 44.2 Å². The summed E-state index contributed by atoms with van der Waals surface area (Å²) in [6.45, 7) is 2.03. The van der Waals surface area contributed by atoms with Gasteiger partial charge in [-0.05, 0) is 48.6 Å². The van der Waals surface area contributed by atoms with Gasteiger partial charge in [-0.25, -0.2) is 4.79 Å². The molecule has 1 aliphatic rings. The molecule has 0 spiro atoms. The number of aliphatic carboxylic acids is 1. The van der Waals surface area contributed by atoms with Crippen LogP contribution in [0.5, 0.6) is 0 Å². The highest BCUT2D eigenvalue weighted by Gasteiger charge is 2.25. The van der Waals surface area contributed by atoms with Crippen molar-refractivity contribution in [3.05, 3.63) is 48.0 Å². The van der Waals surface area contributed by atoms with Crippen molar-refractivity contribution in [1.29, 1.82) is 0 Å². The van der Waals surface area contributed by atoms with Crippen molar-refractivity contribution in [2.75, 3.05) is 0 Å². The summed E-state index contributed by atoms with van der Waals surface area (Å²) in [5, 5.41) is 14.2. The van der Waals surface area contributed by atoms with Crippen molar-refractivity contribution in [1.82, 2.24) is 5.32 Å². The first kappa shape index (κ1) is 17.4. The maximum Gasteiger partial charge on any atom is 0.330 e. The van der Waals surface area contributed by atoms with E-state index in [1.54, 1.807) is 6.07 Å². The highest BCUT2D eigenvalue weighted by atomic mass is 16.5. The summed E-state index contributed by atoms with van der Waals surface area (Å²) in [7, 11) is 0. The topological polar surface area (TPSA) is 75.6 Å². The molecular formula is C20H23NO4. The Balaban J connectivity index is 1.65. The van der Waals surface area contributed by atoms with E-state index in [2.05, 4.69) is 5.32 Å². The van der Waals surface area contributed by atoms with E-state index in [4.69, 9.17) is 4.74 Å². The third kappa shape index (κ3) is 4.37. The second kappa shape index (κ2) is 7.66. The van der Waals surface area contributed by atoms with E-state index < -0.39 is 12.0 Å². The highest BCUT2D eigenvalue weighted by molar-refractivity contribution is 5.88. The molecule has 3 atom stereocenters. The molecule has 1 aliphatic heterocycles. The normalized spacial score (nSPS) is 21.2. The molecule has 0 saturated carbocycles.